The Kier molecular flexibility index (Phi) is 1.89. The largest absolute Gasteiger partial charge is 0.361 e. The number of hydrogen-bond acceptors (Lipinski definition) is 4. The van der Waals surface area contributed by atoms with Crippen molar-refractivity contribution in [2.75, 3.05) is 11.9 Å². The fraction of sp³-hybridized carbons (Fsp3) is 0.200. The molecule has 0 saturated carbocycles. The van der Waals surface area contributed by atoms with Gasteiger partial charge in [0.25, 0.3) is 5.56 Å². The minimum atomic E-state index is -0.326. The van der Waals surface area contributed by atoms with Crippen LogP contribution in [-0.2, 0) is 4.79 Å². The van der Waals surface area contributed by atoms with Gasteiger partial charge in [-0.25, -0.2) is 0 Å². The molecule has 1 rings (SSSR count). The quantitative estimate of drug-likeness (QED) is 0.562. The molecule has 1 aromatic rings. The molecule has 0 radical (unpaired) electrons. The molecule has 0 aliphatic rings. The van der Waals surface area contributed by atoms with E-state index < -0.39 is 0 Å². The lowest BCUT2D eigenvalue weighted by Crippen LogP contribution is -2.01. The summed E-state index contributed by atoms with van der Waals surface area (Å²) >= 11 is 0. The van der Waals surface area contributed by atoms with Crippen molar-refractivity contribution in [3.8, 4) is 0 Å². The summed E-state index contributed by atoms with van der Waals surface area (Å²) in [5, 5.41) is 4.62. The van der Waals surface area contributed by atoms with Crippen LogP contribution in [0.1, 0.15) is 0 Å². The van der Waals surface area contributed by atoms with Crippen LogP contribution >= 0.6 is 0 Å². The summed E-state index contributed by atoms with van der Waals surface area (Å²) in [6, 6.07) is 1.23. The van der Waals surface area contributed by atoms with E-state index >= 15 is 0 Å². The van der Waals surface area contributed by atoms with E-state index in [2.05, 4.69) is 15.0 Å². The Labute approximate surface area is 56.0 Å². The second kappa shape index (κ2) is 2.86. The maximum Gasteiger partial charge on any atom is 0.282 e. The molecule has 0 aromatic carbocycles. The topological polar surface area (TPSA) is 75.1 Å². The van der Waals surface area contributed by atoms with E-state index in [1.54, 1.807) is 0 Å². The third-order valence-electron chi connectivity index (χ3n) is 0.883. The first-order valence-corrected chi connectivity index (χ1v) is 2.69. The standard InChI is InChI=1S/C5H6N2O3/c8-2-1-6-5-3-4(9)7-10-5/h2-3,6H,1H2,(H,7,9). The summed E-state index contributed by atoms with van der Waals surface area (Å²) in [5.74, 6) is 0.275. The number of aldehydes is 1. The Morgan fingerprint density at radius 3 is 3.10 bits per heavy atom. The maximum atomic E-state index is 10.4. The van der Waals surface area contributed by atoms with Crippen molar-refractivity contribution < 1.29 is 9.32 Å². The van der Waals surface area contributed by atoms with E-state index in [0.717, 1.165) is 0 Å². The molecule has 54 valence electrons. The molecule has 0 aliphatic carbocycles. The number of H-pyrrole nitrogens is 1. The van der Waals surface area contributed by atoms with Gasteiger partial charge in [-0.2, -0.15) is 5.16 Å². The smallest absolute Gasteiger partial charge is 0.282 e. The molecule has 0 unspecified atom stereocenters. The fourth-order valence-corrected chi connectivity index (χ4v) is 0.513. The van der Waals surface area contributed by atoms with Gasteiger partial charge in [-0.05, 0) is 0 Å². The number of carbonyl (C=O) groups is 1. The molecule has 0 bridgehead atoms. The molecule has 0 saturated heterocycles. The molecule has 0 fully saturated rings. The van der Waals surface area contributed by atoms with E-state index in [0.29, 0.717) is 6.29 Å². The molecule has 2 N–H and O–H groups in total. The summed E-state index contributed by atoms with van der Waals surface area (Å²) < 4.78 is 4.56. The van der Waals surface area contributed by atoms with Crippen LogP contribution in [0.2, 0.25) is 0 Å². The number of aromatic nitrogens is 1. The molecule has 5 heteroatoms. The van der Waals surface area contributed by atoms with Gasteiger partial charge in [0.15, 0.2) is 0 Å². The second-order valence-corrected chi connectivity index (χ2v) is 1.62. The molecule has 0 spiro atoms. The highest BCUT2D eigenvalue weighted by molar-refractivity contribution is 5.56. The van der Waals surface area contributed by atoms with Crippen LogP contribution in [-0.4, -0.2) is 18.0 Å². The fourth-order valence-electron chi connectivity index (χ4n) is 0.513. The number of nitrogens with one attached hydrogen (secondary N) is 2. The van der Waals surface area contributed by atoms with Crippen molar-refractivity contribution in [3.63, 3.8) is 0 Å². The van der Waals surface area contributed by atoms with Crippen molar-refractivity contribution in [1.82, 2.24) is 5.16 Å². The molecule has 0 atom stereocenters. The minimum absolute atomic E-state index is 0.140. The van der Waals surface area contributed by atoms with Gasteiger partial charge in [-0.3, -0.25) is 4.79 Å². The molecular weight excluding hydrogens is 136 g/mol. The zero-order valence-corrected chi connectivity index (χ0v) is 5.09. The minimum Gasteiger partial charge on any atom is -0.361 e. The summed E-state index contributed by atoms with van der Waals surface area (Å²) in [7, 11) is 0. The van der Waals surface area contributed by atoms with Crippen LogP contribution in [0.3, 0.4) is 0 Å². The molecule has 1 aromatic heterocycles. The average Bonchev–Trinajstić information content (AvgIpc) is 2.31. The number of carbonyl (C=O) groups excluding carboxylic acids is 1. The van der Waals surface area contributed by atoms with E-state index in [1.165, 1.54) is 6.07 Å². The van der Waals surface area contributed by atoms with Crippen molar-refractivity contribution in [2.45, 2.75) is 0 Å². The predicted molar refractivity (Wildman–Crippen MR) is 33.9 cm³/mol. The maximum absolute atomic E-state index is 10.4. The summed E-state index contributed by atoms with van der Waals surface area (Å²) in [4.78, 5) is 20.2. The lowest BCUT2D eigenvalue weighted by atomic mass is 10.6. The van der Waals surface area contributed by atoms with Crippen LogP contribution in [0.15, 0.2) is 15.4 Å². The van der Waals surface area contributed by atoms with Crippen molar-refractivity contribution in [1.29, 1.82) is 0 Å². The molecule has 0 aliphatic heterocycles. The number of anilines is 1. The van der Waals surface area contributed by atoms with E-state index in [-0.39, 0.29) is 18.0 Å². The van der Waals surface area contributed by atoms with Crippen LogP contribution < -0.4 is 10.9 Å². The zero-order chi connectivity index (χ0) is 7.40. The van der Waals surface area contributed by atoms with Crippen LogP contribution in [0.25, 0.3) is 0 Å². The molecular formula is C5H6N2O3. The Morgan fingerprint density at radius 2 is 2.60 bits per heavy atom. The summed E-state index contributed by atoms with van der Waals surface area (Å²) in [6.45, 7) is 0.140. The van der Waals surface area contributed by atoms with Gasteiger partial charge in [-0.15, -0.1) is 0 Å². The Balaban J connectivity index is 2.58. The monoisotopic (exact) mass is 142 g/mol. The lowest BCUT2D eigenvalue weighted by molar-refractivity contribution is -0.106. The lowest BCUT2D eigenvalue weighted by Gasteiger charge is -1.90. The van der Waals surface area contributed by atoms with Crippen LogP contribution in [0, 0.1) is 0 Å². The highest BCUT2D eigenvalue weighted by Crippen LogP contribution is 1.96. The molecule has 10 heavy (non-hydrogen) atoms. The molecule has 5 nitrogen and oxygen atoms in total. The average molecular weight is 142 g/mol. The van der Waals surface area contributed by atoms with Gasteiger partial charge >= 0.3 is 0 Å². The van der Waals surface area contributed by atoms with Crippen LogP contribution in [0.4, 0.5) is 5.88 Å². The van der Waals surface area contributed by atoms with Gasteiger partial charge in [0, 0.05) is 0 Å². The van der Waals surface area contributed by atoms with Crippen molar-refractivity contribution >= 4 is 12.2 Å². The molecule has 0 amide bonds. The van der Waals surface area contributed by atoms with E-state index in [9.17, 15) is 9.59 Å². The zero-order valence-electron chi connectivity index (χ0n) is 5.09. The Morgan fingerprint density at radius 1 is 1.80 bits per heavy atom. The van der Waals surface area contributed by atoms with E-state index in [1.807, 2.05) is 0 Å². The Hall–Kier alpha value is -1.52. The first-order chi connectivity index (χ1) is 4.83. The van der Waals surface area contributed by atoms with Gasteiger partial charge in [-0.1, -0.05) is 0 Å². The Bertz CT molecular complexity index is 262. The number of rotatable bonds is 3. The normalized spacial score (nSPS) is 9.20. The first-order valence-electron chi connectivity index (χ1n) is 2.69. The predicted octanol–water partition coefficient (Wildman–Crippen LogP) is -0.421. The number of hydrogen-bond donors (Lipinski definition) is 2. The van der Waals surface area contributed by atoms with E-state index in [4.69, 9.17) is 0 Å². The summed E-state index contributed by atoms with van der Waals surface area (Å²) in [6.07, 6.45) is 0.674. The SMILES string of the molecule is O=CCNc1cc(=O)[nH]o1. The van der Waals surface area contributed by atoms with Gasteiger partial charge in [0.05, 0.1) is 12.6 Å². The van der Waals surface area contributed by atoms with Crippen molar-refractivity contribution in [2.24, 2.45) is 0 Å². The van der Waals surface area contributed by atoms with Gasteiger partial charge < -0.3 is 14.6 Å². The summed E-state index contributed by atoms with van der Waals surface area (Å²) in [5.41, 5.74) is -0.326. The highest BCUT2D eigenvalue weighted by Gasteiger charge is 1.94. The second-order valence-electron chi connectivity index (χ2n) is 1.62. The number of aromatic amines is 1. The van der Waals surface area contributed by atoms with Crippen LogP contribution in [0.5, 0.6) is 0 Å². The van der Waals surface area contributed by atoms with Gasteiger partial charge in [0.1, 0.15) is 6.29 Å². The third-order valence-corrected chi connectivity index (χ3v) is 0.883. The molecule has 1 heterocycles. The van der Waals surface area contributed by atoms with Crippen molar-refractivity contribution in [3.05, 3.63) is 16.4 Å². The first kappa shape index (κ1) is 6.60. The third kappa shape index (κ3) is 1.48. The van der Waals surface area contributed by atoms with Gasteiger partial charge in [0.2, 0.25) is 5.88 Å². The highest BCUT2D eigenvalue weighted by atomic mass is 16.5.